The van der Waals surface area contributed by atoms with Gasteiger partial charge in [-0.05, 0) is 12.5 Å². The summed E-state index contributed by atoms with van der Waals surface area (Å²) in [5, 5.41) is 8.50. The monoisotopic (exact) mass is 124 g/mol. The Bertz CT molecular complexity index is 143. The van der Waals surface area contributed by atoms with Gasteiger partial charge in [-0.15, -0.1) is 0 Å². The standard InChI is InChI=1S/C8H12O/c1-4-7(2)5-8(3)6-9/h4-5,9H,1,3,6H2,2H3/b7-5-. The van der Waals surface area contributed by atoms with E-state index in [-0.39, 0.29) is 6.61 Å². The van der Waals surface area contributed by atoms with Gasteiger partial charge in [-0.25, -0.2) is 0 Å². The van der Waals surface area contributed by atoms with Crippen molar-refractivity contribution >= 4 is 0 Å². The zero-order valence-corrected chi connectivity index (χ0v) is 5.72. The fourth-order valence-corrected chi connectivity index (χ4v) is 0.427. The molecule has 0 aliphatic heterocycles. The average molecular weight is 124 g/mol. The molecule has 1 N–H and O–H groups in total. The Morgan fingerprint density at radius 1 is 1.67 bits per heavy atom. The lowest BCUT2D eigenvalue weighted by atomic mass is 10.2. The summed E-state index contributed by atoms with van der Waals surface area (Å²) in [5.74, 6) is 0. The third-order valence-corrected chi connectivity index (χ3v) is 0.957. The molecule has 0 aromatic rings. The SMILES string of the molecule is C=C/C(C)=C\C(=C)CO. The molecule has 0 unspecified atom stereocenters. The summed E-state index contributed by atoms with van der Waals surface area (Å²) < 4.78 is 0. The van der Waals surface area contributed by atoms with Crippen molar-refractivity contribution in [2.24, 2.45) is 0 Å². The van der Waals surface area contributed by atoms with E-state index in [0.717, 1.165) is 5.57 Å². The minimum absolute atomic E-state index is 0.0190. The average Bonchev–Trinajstić information content (AvgIpc) is 1.87. The van der Waals surface area contributed by atoms with E-state index < -0.39 is 0 Å². The van der Waals surface area contributed by atoms with Crippen LogP contribution in [-0.4, -0.2) is 11.7 Å². The first kappa shape index (κ1) is 8.18. The predicted octanol–water partition coefficient (Wildman–Crippen LogP) is 1.67. The molecule has 0 amide bonds. The van der Waals surface area contributed by atoms with Crippen LogP contribution in [0.5, 0.6) is 0 Å². The lowest BCUT2D eigenvalue weighted by molar-refractivity contribution is 0.335. The maximum atomic E-state index is 8.50. The molecule has 1 heteroatoms. The Labute approximate surface area is 56.0 Å². The molecule has 0 saturated carbocycles. The molecule has 0 atom stereocenters. The molecular weight excluding hydrogens is 112 g/mol. The van der Waals surface area contributed by atoms with Crippen LogP contribution in [0.4, 0.5) is 0 Å². The number of allylic oxidation sites excluding steroid dienone is 2. The van der Waals surface area contributed by atoms with Gasteiger partial charge in [0.1, 0.15) is 0 Å². The van der Waals surface area contributed by atoms with E-state index in [2.05, 4.69) is 13.2 Å². The maximum absolute atomic E-state index is 8.50. The predicted molar refractivity (Wildman–Crippen MR) is 40.2 cm³/mol. The first-order valence-corrected chi connectivity index (χ1v) is 2.80. The van der Waals surface area contributed by atoms with Crippen LogP contribution < -0.4 is 0 Å². The zero-order valence-electron chi connectivity index (χ0n) is 5.72. The van der Waals surface area contributed by atoms with Crippen molar-refractivity contribution in [3.05, 3.63) is 36.5 Å². The van der Waals surface area contributed by atoms with E-state index >= 15 is 0 Å². The van der Waals surface area contributed by atoms with Crippen molar-refractivity contribution < 1.29 is 5.11 Å². The Morgan fingerprint density at radius 3 is 2.56 bits per heavy atom. The smallest absolute Gasteiger partial charge is 0.0676 e. The van der Waals surface area contributed by atoms with Crippen molar-refractivity contribution in [2.75, 3.05) is 6.61 Å². The van der Waals surface area contributed by atoms with Gasteiger partial charge in [0.05, 0.1) is 6.61 Å². The molecule has 0 aliphatic carbocycles. The van der Waals surface area contributed by atoms with Crippen LogP contribution in [0.1, 0.15) is 6.92 Å². The van der Waals surface area contributed by atoms with Crippen molar-refractivity contribution in [1.82, 2.24) is 0 Å². The van der Waals surface area contributed by atoms with Gasteiger partial charge < -0.3 is 5.11 Å². The van der Waals surface area contributed by atoms with Gasteiger partial charge in [0.15, 0.2) is 0 Å². The van der Waals surface area contributed by atoms with E-state index in [1.54, 1.807) is 12.2 Å². The highest BCUT2D eigenvalue weighted by molar-refractivity contribution is 5.25. The van der Waals surface area contributed by atoms with Crippen molar-refractivity contribution in [2.45, 2.75) is 6.92 Å². The Balaban J connectivity index is 3.94. The second-order valence-corrected chi connectivity index (χ2v) is 1.91. The summed E-state index contributed by atoms with van der Waals surface area (Å²) in [7, 11) is 0. The second-order valence-electron chi connectivity index (χ2n) is 1.91. The summed E-state index contributed by atoms with van der Waals surface area (Å²) in [6, 6.07) is 0. The summed E-state index contributed by atoms with van der Waals surface area (Å²) in [6.45, 7) is 9.07. The molecule has 0 heterocycles. The summed E-state index contributed by atoms with van der Waals surface area (Å²) >= 11 is 0. The molecule has 0 fully saturated rings. The zero-order chi connectivity index (χ0) is 7.28. The minimum Gasteiger partial charge on any atom is -0.392 e. The number of hydrogen-bond acceptors (Lipinski definition) is 1. The molecule has 0 saturated heterocycles. The van der Waals surface area contributed by atoms with Gasteiger partial charge in [-0.1, -0.05) is 30.9 Å². The lowest BCUT2D eigenvalue weighted by Gasteiger charge is -1.92. The first-order chi connectivity index (χ1) is 4.20. The molecule has 9 heavy (non-hydrogen) atoms. The molecule has 0 aliphatic rings. The van der Waals surface area contributed by atoms with Crippen LogP contribution in [0.2, 0.25) is 0 Å². The normalized spacial score (nSPS) is 11.1. The third kappa shape index (κ3) is 3.74. The third-order valence-electron chi connectivity index (χ3n) is 0.957. The maximum Gasteiger partial charge on any atom is 0.0676 e. The van der Waals surface area contributed by atoms with E-state index in [1.165, 1.54) is 0 Å². The van der Waals surface area contributed by atoms with E-state index in [0.29, 0.717) is 5.57 Å². The van der Waals surface area contributed by atoms with Crippen LogP contribution in [0.15, 0.2) is 36.5 Å². The van der Waals surface area contributed by atoms with Crippen molar-refractivity contribution in [3.8, 4) is 0 Å². The van der Waals surface area contributed by atoms with Crippen molar-refractivity contribution in [1.29, 1.82) is 0 Å². The molecule has 0 aromatic heterocycles. The lowest BCUT2D eigenvalue weighted by Crippen LogP contribution is -1.83. The van der Waals surface area contributed by atoms with E-state index in [4.69, 9.17) is 5.11 Å². The Hall–Kier alpha value is -0.820. The molecule has 0 aromatic carbocycles. The summed E-state index contributed by atoms with van der Waals surface area (Å²) in [6.07, 6.45) is 3.52. The van der Waals surface area contributed by atoms with Gasteiger partial charge in [0.2, 0.25) is 0 Å². The van der Waals surface area contributed by atoms with E-state index in [9.17, 15) is 0 Å². The van der Waals surface area contributed by atoms with Crippen LogP contribution in [-0.2, 0) is 0 Å². The molecule has 1 nitrogen and oxygen atoms in total. The number of aliphatic hydroxyl groups is 1. The Kier molecular flexibility index (Phi) is 3.72. The largest absolute Gasteiger partial charge is 0.392 e. The van der Waals surface area contributed by atoms with E-state index in [1.807, 2.05) is 6.92 Å². The van der Waals surface area contributed by atoms with Crippen LogP contribution in [0, 0.1) is 0 Å². The fraction of sp³-hybridized carbons (Fsp3) is 0.250. The van der Waals surface area contributed by atoms with Gasteiger partial charge >= 0.3 is 0 Å². The quantitative estimate of drug-likeness (QED) is 0.567. The fourth-order valence-electron chi connectivity index (χ4n) is 0.427. The highest BCUT2D eigenvalue weighted by Crippen LogP contribution is 1.98. The molecule has 0 bridgehead atoms. The second kappa shape index (κ2) is 4.10. The molecule has 50 valence electrons. The highest BCUT2D eigenvalue weighted by Gasteiger charge is 1.83. The van der Waals surface area contributed by atoms with Crippen LogP contribution in [0.3, 0.4) is 0 Å². The number of rotatable bonds is 3. The van der Waals surface area contributed by atoms with Crippen LogP contribution >= 0.6 is 0 Å². The highest BCUT2D eigenvalue weighted by atomic mass is 16.3. The number of hydrogen-bond donors (Lipinski definition) is 1. The Morgan fingerprint density at radius 2 is 2.22 bits per heavy atom. The van der Waals surface area contributed by atoms with Gasteiger partial charge in [0.25, 0.3) is 0 Å². The molecule has 0 rings (SSSR count). The summed E-state index contributed by atoms with van der Waals surface area (Å²) in [4.78, 5) is 0. The topological polar surface area (TPSA) is 20.2 Å². The first-order valence-electron chi connectivity index (χ1n) is 2.80. The molecule has 0 spiro atoms. The van der Waals surface area contributed by atoms with Gasteiger partial charge in [0, 0.05) is 0 Å². The molecule has 0 radical (unpaired) electrons. The van der Waals surface area contributed by atoms with Crippen LogP contribution in [0.25, 0.3) is 0 Å². The number of aliphatic hydroxyl groups excluding tert-OH is 1. The van der Waals surface area contributed by atoms with Crippen molar-refractivity contribution in [3.63, 3.8) is 0 Å². The van der Waals surface area contributed by atoms with Gasteiger partial charge in [-0.3, -0.25) is 0 Å². The summed E-state index contributed by atoms with van der Waals surface area (Å²) in [5.41, 5.74) is 1.74. The van der Waals surface area contributed by atoms with Gasteiger partial charge in [-0.2, -0.15) is 0 Å². The minimum atomic E-state index is 0.0190. The molecular formula is C8H12O.